The Morgan fingerprint density at radius 2 is 2.16 bits per heavy atom. The van der Waals surface area contributed by atoms with E-state index >= 15 is 0 Å². The van der Waals surface area contributed by atoms with Gasteiger partial charge < -0.3 is 4.74 Å². The van der Waals surface area contributed by atoms with E-state index in [1.54, 1.807) is 4.68 Å². The summed E-state index contributed by atoms with van der Waals surface area (Å²) in [5, 5.41) is 4.23. The number of rotatable bonds is 6. The summed E-state index contributed by atoms with van der Waals surface area (Å²) in [6.07, 6.45) is 6.35. The monoisotopic (exact) mass is 264 g/mol. The Bertz CT molecular complexity index is 400. The Morgan fingerprint density at radius 3 is 2.79 bits per heavy atom. The molecule has 0 bridgehead atoms. The molecule has 0 atom stereocenters. The van der Waals surface area contributed by atoms with E-state index in [1.165, 1.54) is 19.3 Å². The van der Waals surface area contributed by atoms with E-state index in [0.717, 1.165) is 37.7 Å². The predicted molar refractivity (Wildman–Crippen MR) is 74.3 cm³/mol. The number of Topliss-reactive ketones (excluding diaryl/α,β-unsaturated/α-hetero) is 1. The zero-order valence-electron chi connectivity index (χ0n) is 12.0. The standard InChI is InChI=1S/C15H24N2O2/c1-12-11-14(16-17(12)2)15(18)6-4-3-5-13-7-9-19-10-8-13/h11,13H,3-10H2,1-2H3. The van der Waals surface area contributed by atoms with Crippen molar-refractivity contribution in [2.75, 3.05) is 13.2 Å². The van der Waals surface area contributed by atoms with Crippen LogP contribution in [0.1, 0.15) is 54.7 Å². The van der Waals surface area contributed by atoms with Gasteiger partial charge in [0, 0.05) is 32.4 Å². The lowest BCUT2D eigenvalue weighted by atomic mass is 9.93. The molecule has 0 aliphatic carbocycles. The Morgan fingerprint density at radius 1 is 1.42 bits per heavy atom. The van der Waals surface area contributed by atoms with Gasteiger partial charge in [-0.25, -0.2) is 0 Å². The molecule has 0 spiro atoms. The Labute approximate surface area is 115 Å². The van der Waals surface area contributed by atoms with Gasteiger partial charge in [0.1, 0.15) is 5.69 Å². The highest BCUT2D eigenvalue weighted by Gasteiger charge is 2.14. The summed E-state index contributed by atoms with van der Waals surface area (Å²) in [7, 11) is 1.87. The second kappa shape index (κ2) is 6.85. The minimum absolute atomic E-state index is 0.177. The van der Waals surface area contributed by atoms with Crippen LogP contribution in [0.5, 0.6) is 0 Å². The second-order valence-electron chi connectivity index (χ2n) is 5.52. The minimum atomic E-state index is 0.177. The number of aryl methyl sites for hydroxylation is 2. The van der Waals surface area contributed by atoms with Crippen molar-refractivity contribution in [2.45, 2.75) is 45.4 Å². The molecule has 1 fully saturated rings. The van der Waals surface area contributed by atoms with Gasteiger partial charge in [-0.05, 0) is 38.2 Å². The lowest BCUT2D eigenvalue weighted by Crippen LogP contribution is -2.15. The van der Waals surface area contributed by atoms with Crippen LogP contribution < -0.4 is 0 Å². The van der Waals surface area contributed by atoms with E-state index in [4.69, 9.17) is 4.74 Å². The van der Waals surface area contributed by atoms with E-state index in [1.807, 2.05) is 20.0 Å². The van der Waals surface area contributed by atoms with Crippen LogP contribution >= 0.6 is 0 Å². The normalized spacial score (nSPS) is 16.7. The molecule has 106 valence electrons. The highest BCUT2D eigenvalue weighted by molar-refractivity contribution is 5.94. The van der Waals surface area contributed by atoms with Gasteiger partial charge in [0.25, 0.3) is 0 Å². The average molecular weight is 264 g/mol. The maximum Gasteiger partial charge on any atom is 0.183 e. The van der Waals surface area contributed by atoms with Gasteiger partial charge in [-0.3, -0.25) is 9.48 Å². The number of carbonyl (C=O) groups excluding carboxylic acids is 1. The molecule has 0 radical (unpaired) electrons. The van der Waals surface area contributed by atoms with Gasteiger partial charge in [0.15, 0.2) is 5.78 Å². The van der Waals surface area contributed by atoms with Crippen molar-refractivity contribution < 1.29 is 9.53 Å². The van der Waals surface area contributed by atoms with Gasteiger partial charge in [0.05, 0.1) is 0 Å². The molecular formula is C15H24N2O2. The van der Waals surface area contributed by atoms with Crippen LogP contribution in [0.4, 0.5) is 0 Å². The van der Waals surface area contributed by atoms with Crippen LogP contribution in [-0.4, -0.2) is 28.8 Å². The first-order chi connectivity index (χ1) is 9.16. The second-order valence-corrected chi connectivity index (χ2v) is 5.52. The van der Waals surface area contributed by atoms with E-state index in [0.29, 0.717) is 12.1 Å². The van der Waals surface area contributed by atoms with E-state index in [-0.39, 0.29) is 5.78 Å². The van der Waals surface area contributed by atoms with E-state index in [9.17, 15) is 4.79 Å². The Kier molecular flexibility index (Phi) is 5.14. The van der Waals surface area contributed by atoms with Gasteiger partial charge in [0.2, 0.25) is 0 Å². The molecule has 0 N–H and O–H groups in total. The topological polar surface area (TPSA) is 44.1 Å². The van der Waals surface area contributed by atoms with Crippen molar-refractivity contribution in [2.24, 2.45) is 13.0 Å². The summed E-state index contributed by atoms with van der Waals surface area (Å²) < 4.78 is 7.11. The Balaban J connectivity index is 1.66. The fourth-order valence-corrected chi connectivity index (χ4v) is 2.58. The molecular weight excluding hydrogens is 240 g/mol. The number of ether oxygens (including phenoxy) is 1. The van der Waals surface area contributed by atoms with Crippen molar-refractivity contribution in [3.8, 4) is 0 Å². The molecule has 2 rings (SSSR count). The summed E-state index contributed by atoms with van der Waals surface area (Å²) in [6.45, 7) is 3.79. The summed E-state index contributed by atoms with van der Waals surface area (Å²) in [6, 6.07) is 1.88. The van der Waals surface area contributed by atoms with Crippen LogP contribution in [0.15, 0.2) is 6.07 Å². The molecule has 1 saturated heterocycles. The lowest BCUT2D eigenvalue weighted by molar-refractivity contribution is 0.0630. The van der Waals surface area contributed by atoms with Gasteiger partial charge in [-0.2, -0.15) is 5.10 Å². The highest BCUT2D eigenvalue weighted by Crippen LogP contribution is 2.21. The zero-order chi connectivity index (χ0) is 13.7. The molecule has 0 aromatic carbocycles. The van der Waals surface area contributed by atoms with Crippen LogP contribution in [0.3, 0.4) is 0 Å². The first-order valence-electron chi connectivity index (χ1n) is 7.28. The number of unbranched alkanes of at least 4 members (excludes halogenated alkanes) is 1. The first kappa shape index (κ1) is 14.3. The van der Waals surface area contributed by atoms with E-state index < -0.39 is 0 Å². The largest absolute Gasteiger partial charge is 0.381 e. The minimum Gasteiger partial charge on any atom is -0.381 e. The molecule has 0 amide bonds. The number of nitrogens with zero attached hydrogens (tertiary/aromatic N) is 2. The highest BCUT2D eigenvalue weighted by atomic mass is 16.5. The van der Waals surface area contributed by atoms with Crippen LogP contribution in [0, 0.1) is 12.8 Å². The molecule has 1 aromatic heterocycles. The van der Waals surface area contributed by atoms with Crippen molar-refractivity contribution in [1.82, 2.24) is 9.78 Å². The van der Waals surface area contributed by atoms with Crippen molar-refractivity contribution in [3.05, 3.63) is 17.5 Å². The quantitative estimate of drug-likeness (QED) is 0.586. The van der Waals surface area contributed by atoms with Crippen LogP contribution in [0.25, 0.3) is 0 Å². The summed E-state index contributed by atoms with van der Waals surface area (Å²) >= 11 is 0. The van der Waals surface area contributed by atoms with Crippen molar-refractivity contribution in [1.29, 1.82) is 0 Å². The fraction of sp³-hybridized carbons (Fsp3) is 0.733. The van der Waals surface area contributed by atoms with Crippen LogP contribution in [-0.2, 0) is 11.8 Å². The molecule has 0 unspecified atom stereocenters. The number of aromatic nitrogens is 2. The molecule has 0 saturated carbocycles. The SMILES string of the molecule is Cc1cc(C(=O)CCCCC2CCOCC2)nn1C. The fourth-order valence-electron chi connectivity index (χ4n) is 2.58. The summed E-state index contributed by atoms with van der Waals surface area (Å²) in [5.74, 6) is 0.983. The number of hydrogen-bond donors (Lipinski definition) is 0. The third-order valence-corrected chi connectivity index (χ3v) is 4.01. The maximum atomic E-state index is 12.0. The maximum absolute atomic E-state index is 12.0. The first-order valence-corrected chi connectivity index (χ1v) is 7.28. The molecule has 4 heteroatoms. The lowest BCUT2D eigenvalue weighted by Gasteiger charge is -2.21. The summed E-state index contributed by atoms with van der Waals surface area (Å²) in [4.78, 5) is 12.0. The van der Waals surface area contributed by atoms with Gasteiger partial charge in [-0.1, -0.05) is 12.8 Å². The number of carbonyl (C=O) groups is 1. The molecule has 1 aliphatic heterocycles. The third kappa shape index (κ3) is 4.16. The van der Waals surface area contributed by atoms with Crippen molar-refractivity contribution in [3.63, 3.8) is 0 Å². The third-order valence-electron chi connectivity index (χ3n) is 4.01. The van der Waals surface area contributed by atoms with Crippen LogP contribution in [0.2, 0.25) is 0 Å². The molecule has 1 aromatic rings. The average Bonchev–Trinajstić information content (AvgIpc) is 2.76. The van der Waals surface area contributed by atoms with Gasteiger partial charge >= 0.3 is 0 Å². The molecule has 2 heterocycles. The zero-order valence-corrected chi connectivity index (χ0v) is 12.0. The van der Waals surface area contributed by atoms with Gasteiger partial charge in [-0.15, -0.1) is 0 Å². The number of hydrogen-bond acceptors (Lipinski definition) is 3. The van der Waals surface area contributed by atoms with E-state index in [2.05, 4.69) is 5.10 Å². The molecule has 19 heavy (non-hydrogen) atoms. The Hall–Kier alpha value is -1.16. The molecule has 1 aliphatic rings. The van der Waals surface area contributed by atoms with Crippen molar-refractivity contribution >= 4 is 5.78 Å². The predicted octanol–water partition coefficient (Wildman–Crippen LogP) is 2.90. The smallest absolute Gasteiger partial charge is 0.183 e. The summed E-state index contributed by atoms with van der Waals surface area (Å²) in [5.41, 5.74) is 1.65. The molecule has 4 nitrogen and oxygen atoms in total. The number of ketones is 1.